The second-order valence-electron chi connectivity index (χ2n) is 17.9. The Hall–Kier alpha value is -2.20. The first-order valence-corrected chi connectivity index (χ1v) is 22.1. The number of esters is 4. The molecule has 11 atom stereocenters. The van der Waals surface area contributed by atoms with Gasteiger partial charge in [-0.25, -0.2) is 0 Å². The van der Waals surface area contributed by atoms with Crippen LogP contribution in [0.1, 0.15) is 169 Å². The molecule has 4 fully saturated rings. The monoisotopic (exact) mass is 761 g/mol. The van der Waals surface area contributed by atoms with Gasteiger partial charge in [0, 0.05) is 37.3 Å². The molecule has 54 heavy (non-hydrogen) atoms. The molecular formula is C44H76N2O8. The summed E-state index contributed by atoms with van der Waals surface area (Å²) < 4.78 is 24.5. The Morgan fingerprint density at radius 2 is 1.33 bits per heavy atom. The van der Waals surface area contributed by atoms with Crippen LogP contribution in [0.25, 0.3) is 0 Å². The molecule has 0 heterocycles. The maximum atomic E-state index is 13.3. The van der Waals surface area contributed by atoms with E-state index in [1.807, 2.05) is 6.92 Å². The topological polar surface area (TPSA) is 157 Å². The van der Waals surface area contributed by atoms with Gasteiger partial charge in [0.1, 0.15) is 18.3 Å². The van der Waals surface area contributed by atoms with Crippen LogP contribution in [-0.2, 0) is 38.1 Å². The standard InChI is InChI=1S/C44H76N2O8/c1-6-8-9-10-11-12-13-14-26-51-38(47)19-16-30(3)33-17-18-34-42-35(29-37(44(33,34)5)54-41(50)22-25-46)43(4)23-20-32(52-40(49)21-24-45)27-31(43)28-36(42)53-39(48)15-7-2/h30-37,42H,6-29,45-46H2,1-5H3/t30-,31+,32-,33-,34+,35+,36-,37+,42+,43+,44-/m1/s1. The van der Waals surface area contributed by atoms with Gasteiger partial charge in [0.05, 0.1) is 19.4 Å². The minimum Gasteiger partial charge on any atom is -0.466 e. The van der Waals surface area contributed by atoms with Crippen molar-refractivity contribution in [3.05, 3.63) is 0 Å². The van der Waals surface area contributed by atoms with Gasteiger partial charge in [0.25, 0.3) is 0 Å². The zero-order valence-electron chi connectivity index (χ0n) is 34.6. The number of nitrogens with two attached hydrogens (primary N) is 2. The van der Waals surface area contributed by atoms with E-state index in [-0.39, 0.29) is 114 Å². The lowest BCUT2D eigenvalue weighted by atomic mass is 9.43. The van der Waals surface area contributed by atoms with E-state index in [0.717, 1.165) is 64.2 Å². The minimum absolute atomic E-state index is 0.0858. The highest BCUT2D eigenvalue weighted by molar-refractivity contribution is 5.71. The first-order chi connectivity index (χ1) is 25.9. The maximum absolute atomic E-state index is 13.3. The van der Waals surface area contributed by atoms with Crippen molar-refractivity contribution in [1.82, 2.24) is 0 Å². The Bertz CT molecular complexity index is 1210. The summed E-state index contributed by atoms with van der Waals surface area (Å²) in [5.74, 6) is 0.333. The molecule has 4 aliphatic rings. The fourth-order valence-electron chi connectivity index (χ4n) is 11.6. The lowest BCUT2D eigenvalue weighted by Gasteiger charge is -2.64. The molecule has 0 bridgehead atoms. The average Bonchev–Trinajstić information content (AvgIpc) is 3.49. The highest BCUT2D eigenvalue weighted by Crippen LogP contribution is 2.69. The van der Waals surface area contributed by atoms with E-state index in [4.69, 9.17) is 30.4 Å². The zero-order chi connectivity index (χ0) is 39.3. The van der Waals surface area contributed by atoms with E-state index in [9.17, 15) is 19.2 Å². The number of hydrogen-bond donors (Lipinski definition) is 2. The van der Waals surface area contributed by atoms with Crippen molar-refractivity contribution >= 4 is 23.9 Å². The first kappa shape index (κ1) is 44.5. The summed E-state index contributed by atoms with van der Waals surface area (Å²) in [4.78, 5) is 51.9. The van der Waals surface area contributed by atoms with Crippen LogP contribution in [0.2, 0.25) is 0 Å². The lowest BCUT2D eigenvalue weighted by Crippen LogP contribution is -2.63. The van der Waals surface area contributed by atoms with Gasteiger partial charge < -0.3 is 30.4 Å². The number of rotatable bonds is 22. The zero-order valence-corrected chi connectivity index (χ0v) is 34.6. The summed E-state index contributed by atoms with van der Waals surface area (Å²) in [7, 11) is 0. The van der Waals surface area contributed by atoms with Crippen LogP contribution in [0.5, 0.6) is 0 Å². The Kier molecular flexibility index (Phi) is 17.6. The molecule has 0 saturated heterocycles. The second-order valence-corrected chi connectivity index (χ2v) is 17.9. The largest absolute Gasteiger partial charge is 0.466 e. The van der Waals surface area contributed by atoms with Gasteiger partial charge in [-0.05, 0) is 99.2 Å². The summed E-state index contributed by atoms with van der Waals surface area (Å²) in [6, 6.07) is 0. The fraction of sp³-hybridized carbons (Fsp3) is 0.909. The van der Waals surface area contributed by atoms with Crippen LogP contribution < -0.4 is 11.5 Å². The lowest BCUT2D eigenvalue weighted by molar-refractivity contribution is -0.225. The number of hydrogen-bond acceptors (Lipinski definition) is 10. The molecule has 310 valence electrons. The maximum Gasteiger partial charge on any atom is 0.307 e. The fourth-order valence-corrected chi connectivity index (χ4v) is 11.6. The highest BCUT2D eigenvalue weighted by atomic mass is 16.6. The van der Waals surface area contributed by atoms with Gasteiger partial charge in [-0.2, -0.15) is 0 Å². The molecule has 0 aromatic heterocycles. The van der Waals surface area contributed by atoms with E-state index in [1.54, 1.807) is 0 Å². The summed E-state index contributed by atoms with van der Waals surface area (Å²) in [5.41, 5.74) is 11.0. The predicted molar refractivity (Wildman–Crippen MR) is 210 cm³/mol. The molecule has 0 aromatic rings. The minimum atomic E-state index is -0.348. The average molecular weight is 761 g/mol. The number of fused-ring (bicyclic) bond motifs is 5. The molecule has 10 heteroatoms. The van der Waals surface area contributed by atoms with Gasteiger partial charge in [-0.3, -0.25) is 19.2 Å². The Labute approximate surface area is 326 Å². The SMILES string of the molecule is CCCCCCCCCCOC(=O)CC[C@@H](C)[C@H]1CC[C@H]2[C@@H]3[C@H](OC(=O)CCC)C[C@@H]4C[C@H](OC(=O)CCN)CC[C@]4(C)[C@H]3C[C@H](OC(=O)CCN)[C@]12C. The second kappa shape index (κ2) is 21.4. The Morgan fingerprint density at radius 3 is 2.00 bits per heavy atom. The summed E-state index contributed by atoms with van der Waals surface area (Å²) in [6.07, 6.45) is 17.3. The van der Waals surface area contributed by atoms with Crippen molar-refractivity contribution in [2.24, 2.45) is 57.8 Å². The molecule has 0 aromatic carbocycles. The molecule has 4 aliphatic carbocycles. The van der Waals surface area contributed by atoms with Crippen molar-refractivity contribution in [2.75, 3.05) is 19.7 Å². The van der Waals surface area contributed by atoms with E-state index >= 15 is 0 Å². The molecule has 0 spiro atoms. The van der Waals surface area contributed by atoms with Crippen LogP contribution in [0.15, 0.2) is 0 Å². The van der Waals surface area contributed by atoms with E-state index in [2.05, 4.69) is 27.7 Å². The summed E-state index contributed by atoms with van der Waals surface area (Å²) >= 11 is 0. The first-order valence-electron chi connectivity index (χ1n) is 22.1. The van der Waals surface area contributed by atoms with Crippen LogP contribution in [0.4, 0.5) is 0 Å². The summed E-state index contributed by atoms with van der Waals surface area (Å²) in [5, 5.41) is 0. The Morgan fingerprint density at radius 1 is 0.685 bits per heavy atom. The molecule has 0 unspecified atom stereocenters. The third-order valence-corrected chi connectivity index (χ3v) is 14.5. The third-order valence-electron chi connectivity index (χ3n) is 14.5. The van der Waals surface area contributed by atoms with Gasteiger partial charge >= 0.3 is 23.9 Å². The van der Waals surface area contributed by atoms with Gasteiger partial charge in [0.15, 0.2) is 0 Å². The molecule has 0 amide bonds. The highest BCUT2D eigenvalue weighted by Gasteiger charge is 2.67. The number of carbonyl (C=O) groups excluding carboxylic acids is 4. The van der Waals surface area contributed by atoms with Gasteiger partial charge in [-0.1, -0.05) is 79.6 Å². The van der Waals surface area contributed by atoms with E-state index in [1.165, 1.54) is 38.5 Å². The molecule has 0 aliphatic heterocycles. The molecule has 4 rings (SSSR count). The molecular weight excluding hydrogens is 684 g/mol. The van der Waals surface area contributed by atoms with Crippen LogP contribution >= 0.6 is 0 Å². The smallest absolute Gasteiger partial charge is 0.307 e. The van der Waals surface area contributed by atoms with E-state index in [0.29, 0.717) is 25.9 Å². The van der Waals surface area contributed by atoms with Crippen LogP contribution in [-0.4, -0.2) is 61.9 Å². The molecule has 4 saturated carbocycles. The van der Waals surface area contributed by atoms with Crippen molar-refractivity contribution in [1.29, 1.82) is 0 Å². The molecule has 4 N–H and O–H groups in total. The van der Waals surface area contributed by atoms with Crippen LogP contribution in [0, 0.1) is 46.3 Å². The van der Waals surface area contributed by atoms with Crippen molar-refractivity contribution < 1.29 is 38.1 Å². The number of ether oxygens (including phenoxy) is 4. The van der Waals surface area contributed by atoms with Crippen molar-refractivity contribution in [2.45, 2.75) is 188 Å². The third kappa shape index (κ3) is 11.0. The van der Waals surface area contributed by atoms with Crippen molar-refractivity contribution in [3.63, 3.8) is 0 Å². The summed E-state index contributed by atoms with van der Waals surface area (Å²) in [6.45, 7) is 12.2. The van der Waals surface area contributed by atoms with Crippen LogP contribution in [0.3, 0.4) is 0 Å². The molecule has 0 radical (unpaired) electrons. The van der Waals surface area contributed by atoms with Gasteiger partial charge in [-0.15, -0.1) is 0 Å². The number of carbonyl (C=O) groups is 4. The predicted octanol–water partition coefficient (Wildman–Crippen LogP) is 8.20. The quantitative estimate of drug-likeness (QED) is 0.0626. The molecule has 10 nitrogen and oxygen atoms in total. The van der Waals surface area contributed by atoms with E-state index < -0.39 is 0 Å². The number of unbranched alkanes of at least 4 members (excludes halogenated alkanes) is 7. The van der Waals surface area contributed by atoms with Crippen molar-refractivity contribution in [3.8, 4) is 0 Å². The normalized spacial score (nSPS) is 33.5. The Balaban J connectivity index is 1.50. The van der Waals surface area contributed by atoms with Gasteiger partial charge in [0.2, 0.25) is 0 Å².